The van der Waals surface area contributed by atoms with E-state index < -0.39 is 14.9 Å². The Labute approximate surface area is 201 Å². The predicted molar refractivity (Wildman–Crippen MR) is 135 cm³/mol. The molecule has 2 heterocycles. The number of nitrogens with zero attached hydrogens (tertiary/aromatic N) is 3. The molecule has 0 atom stereocenters. The monoisotopic (exact) mass is 490 g/mol. The first kappa shape index (κ1) is 22.6. The summed E-state index contributed by atoms with van der Waals surface area (Å²) >= 11 is 0. The molecule has 5 rings (SSSR count). The molecule has 4 aromatic rings. The van der Waals surface area contributed by atoms with Crippen molar-refractivity contribution in [2.75, 3.05) is 11.9 Å². The topological polar surface area (TPSA) is 127 Å². The Morgan fingerprint density at radius 2 is 1.89 bits per heavy atom. The zero-order chi connectivity index (χ0) is 24.7. The van der Waals surface area contributed by atoms with Crippen LogP contribution in [0.25, 0.3) is 10.9 Å². The van der Waals surface area contributed by atoms with Crippen molar-refractivity contribution in [1.82, 2.24) is 3.97 Å². The number of aliphatic imine (C=N–C) groups is 1. The lowest BCUT2D eigenvalue weighted by molar-refractivity contribution is -0.384. The molecule has 0 fully saturated rings. The molecule has 0 saturated heterocycles. The number of phenols is 1. The van der Waals surface area contributed by atoms with Crippen LogP contribution in [0.1, 0.15) is 16.7 Å². The van der Waals surface area contributed by atoms with E-state index in [-0.39, 0.29) is 27.5 Å². The number of aromatic nitrogens is 1. The first-order valence-electron chi connectivity index (χ1n) is 11.0. The normalized spacial score (nSPS) is 13.3. The standard InChI is InChI=1S/C25H22N4O5S/c1-16-2-8-20(9-3-16)35(33,34)28-15-18-11-13-26-21-14-22(25(30)24(28)23(18)21)27-12-10-17-4-6-19(7-5-17)29(31)32/h2-9,12,14-15,26,30H,10-11,13H2,1H3. The highest BCUT2D eigenvalue weighted by Gasteiger charge is 2.28. The number of phenolic OH excluding ortho intramolecular Hbond substituents is 1. The van der Waals surface area contributed by atoms with Crippen molar-refractivity contribution in [1.29, 1.82) is 0 Å². The van der Waals surface area contributed by atoms with Crippen molar-refractivity contribution < 1.29 is 18.4 Å². The van der Waals surface area contributed by atoms with E-state index in [0.717, 1.165) is 20.7 Å². The minimum atomic E-state index is -3.95. The Kier molecular flexibility index (Phi) is 5.52. The van der Waals surface area contributed by atoms with Crippen LogP contribution in [0.5, 0.6) is 5.75 Å². The Balaban J connectivity index is 1.57. The van der Waals surface area contributed by atoms with E-state index in [4.69, 9.17) is 0 Å². The lowest BCUT2D eigenvalue weighted by atomic mass is 10.0. The molecule has 0 radical (unpaired) electrons. The van der Waals surface area contributed by atoms with Crippen LogP contribution < -0.4 is 5.32 Å². The Morgan fingerprint density at radius 3 is 2.57 bits per heavy atom. The fourth-order valence-corrected chi connectivity index (χ4v) is 5.62. The molecule has 2 N–H and O–H groups in total. The van der Waals surface area contributed by atoms with Gasteiger partial charge < -0.3 is 10.4 Å². The highest BCUT2D eigenvalue weighted by atomic mass is 32.2. The van der Waals surface area contributed by atoms with Gasteiger partial charge in [-0.3, -0.25) is 15.1 Å². The van der Waals surface area contributed by atoms with E-state index in [1.807, 2.05) is 6.92 Å². The molecule has 0 unspecified atom stereocenters. The van der Waals surface area contributed by atoms with Gasteiger partial charge >= 0.3 is 0 Å². The summed E-state index contributed by atoms with van der Waals surface area (Å²) in [5.74, 6) is -0.227. The molecule has 3 aromatic carbocycles. The summed E-state index contributed by atoms with van der Waals surface area (Å²) in [6.07, 6.45) is 4.17. The summed E-state index contributed by atoms with van der Waals surface area (Å²) in [5, 5.41) is 25.9. The summed E-state index contributed by atoms with van der Waals surface area (Å²) in [6, 6.07) is 14.4. The van der Waals surface area contributed by atoms with Crippen molar-refractivity contribution in [3.05, 3.63) is 87.6 Å². The Hall–Kier alpha value is -4.18. The maximum Gasteiger partial charge on any atom is 0.269 e. The molecule has 0 amide bonds. The van der Waals surface area contributed by atoms with Crippen molar-refractivity contribution in [2.45, 2.75) is 24.7 Å². The lowest BCUT2D eigenvalue weighted by Crippen LogP contribution is -2.12. The van der Waals surface area contributed by atoms with Crippen molar-refractivity contribution in [3.63, 3.8) is 0 Å². The van der Waals surface area contributed by atoms with E-state index >= 15 is 0 Å². The number of benzene rings is 3. The van der Waals surface area contributed by atoms with Gasteiger partial charge in [0.05, 0.1) is 9.82 Å². The molecule has 0 aliphatic carbocycles. The molecule has 9 nitrogen and oxygen atoms in total. The molecule has 0 saturated carbocycles. The number of non-ortho nitro benzene ring substituents is 1. The Bertz CT molecular complexity index is 1590. The molecule has 1 aliphatic rings. The van der Waals surface area contributed by atoms with E-state index in [2.05, 4.69) is 10.3 Å². The van der Waals surface area contributed by atoms with E-state index in [1.165, 1.54) is 12.1 Å². The van der Waals surface area contributed by atoms with Crippen molar-refractivity contribution in [3.8, 4) is 5.75 Å². The highest BCUT2D eigenvalue weighted by Crippen LogP contribution is 2.44. The van der Waals surface area contributed by atoms with Crippen LogP contribution in [0, 0.1) is 17.0 Å². The second-order valence-corrected chi connectivity index (χ2v) is 10.2. The van der Waals surface area contributed by atoms with Crippen molar-refractivity contribution in [2.24, 2.45) is 4.99 Å². The third kappa shape index (κ3) is 4.01. The molecule has 178 valence electrons. The van der Waals surface area contributed by atoms with Gasteiger partial charge in [-0.05, 0) is 42.7 Å². The minimum absolute atomic E-state index is 0.00492. The van der Waals surface area contributed by atoms with Gasteiger partial charge in [0.1, 0.15) is 11.2 Å². The summed E-state index contributed by atoms with van der Waals surface area (Å²) in [7, 11) is -3.95. The second-order valence-electron chi connectivity index (χ2n) is 8.40. The maximum atomic E-state index is 13.5. The van der Waals surface area contributed by atoms with Gasteiger partial charge in [0, 0.05) is 48.6 Å². The van der Waals surface area contributed by atoms with E-state index in [1.54, 1.807) is 54.9 Å². The molecule has 1 aromatic heterocycles. The number of nitrogens with one attached hydrogen (secondary N) is 1. The van der Waals surface area contributed by atoms with Crippen LogP contribution in [-0.2, 0) is 22.9 Å². The second kappa shape index (κ2) is 8.55. The first-order chi connectivity index (χ1) is 16.8. The number of nitro groups is 1. The van der Waals surface area contributed by atoms with Gasteiger partial charge in [-0.15, -0.1) is 0 Å². The fraction of sp³-hybridized carbons (Fsp3) is 0.160. The Morgan fingerprint density at radius 1 is 1.17 bits per heavy atom. The number of hydrogen-bond donors (Lipinski definition) is 2. The zero-order valence-electron chi connectivity index (χ0n) is 18.8. The summed E-state index contributed by atoms with van der Waals surface area (Å²) in [5.41, 5.74) is 3.72. The fourth-order valence-electron chi connectivity index (χ4n) is 4.23. The van der Waals surface area contributed by atoms with Gasteiger partial charge in [-0.1, -0.05) is 29.8 Å². The molecule has 1 aliphatic heterocycles. The minimum Gasteiger partial charge on any atom is -0.504 e. The van der Waals surface area contributed by atoms with Gasteiger partial charge in [0.25, 0.3) is 15.7 Å². The maximum absolute atomic E-state index is 13.5. The number of aryl methyl sites for hydroxylation is 1. The predicted octanol–water partition coefficient (Wildman–Crippen LogP) is 4.71. The SMILES string of the molecule is Cc1ccc(S(=O)(=O)n2cc3c4c(cc(N=CCc5ccc([N+](=O)[O-])cc5)c(O)c42)NCC3)cc1. The van der Waals surface area contributed by atoms with Crippen LogP contribution in [0.2, 0.25) is 0 Å². The molecule has 0 bridgehead atoms. The summed E-state index contributed by atoms with van der Waals surface area (Å²) in [6.45, 7) is 2.51. The molecular weight excluding hydrogens is 468 g/mol. The van der Waals surface area contributed by atoms with Crippen LogP contribution >= 0.6 is 0 Å². The van der Waals surface area contributed by atoms with Crippen LogP contribution in [0.3, 0.4) is 0 Å². The number of rotatable bonds is 6. The zero-order valence-corrected chi connectivity index (χ0v) is 19.6. The number of aromatic hydroxyl groups is 1. The smallest absolute Gasteiger partial charge is 0.269 e. The van der Waals surface area contributed by atoms with Crippen LogP contribution in [0.4, 0.5) is 17.1 Å². The quantitative estimate of drug-likeness (QED) is 0.174. The molecular formula is C25H22N4O5S. The number of anilines is 1. The van der Waals surface area contributed by atoms with Crippen molar-refractivity contribution >= 4 is 44.2 Å². The highest BCUT2D eigenvalue weighted by molar-refractivity contribution is 7.90. The van der Waals surface area contributed by atoms with Gasteiger partial charge in [-0.25, -0.2) is 12.4 Å². The molecule has 10 heteroatoms. The average Bonchev–Trinajstić information content (AvgIpc) is 3.25. The van der Waals surface area contributed by atoms with Gasteiger partial charge in [0.2, 0.25) is 0 Å². The number of nitro benzene ring substituents is 1. The van der Waals surface area contributed by atoms with Crippen LogP contribution in [-0.4, -0.2) is 35.2 Å². The first-order valence-corrected chi connectivity index (χ1v) is 12.4. The largest absolute Gasteiger partial charge is 0.504 e. The van der Waals surface area contributed by atoms with Crippen LogP contribution in [0.15, 0.2) is 70.7 Å². The van der Waals surface area contributed by atoms with Gasteiger partial charge in [0.15, 0.2) is 5.75 Å². The van der Waals surface area contributed by atoms with Gasteiger partial charge in [-0.2, -0.15) is 0 Å². The molecule has 0 spiro atoms. The molecule has 35 heavy (non-hydrogen) atoms. The average molecular weight is 491 g/mol. The lowest BCUT2D eigenvalue weighted by Gasteiger charge is -2.16. The number of hydrogen-bond acceptors (Lipinski definition) is 7. The third-order valence-electron chi connectivity index (χ3n) is 6.06. The summed E-state index contributed by atoms with van der Waals surface area (Å²) < 4.78 is 28.1. The third-order valence-corrected chi connectivity index (χ3v) is 7.73. The van der Waals surface area contributed by atoms with E-state index in [9.17, 15) is 23.6 Å². The summed E-state index contributed by atoms with van der Waals surface area (Å²) in [4.78, 5) is 14.9. The van der Waals surface area contributed by atoms with E-state index in [0.29, 0.717) is 30.5 Å².